The van der Waals surface area contributed by atoms with Gasteiger partial charge in [0.2, 0.25) is 5.91 Å². The van der Waals surface area contributed by atoms with Crippen LogP contribution in [0.4, 0.5) is 0 Å². The van der Waals surface area contributed by atoms with Crippen molar-refractivity contribution < 1.29 is 9.53 Å². The number of amides is 1. The Morgan fingerprint density at radius 3 is 2.56 bits per heavy atom. The second kappa shape index (κ2) is 8.73. The number of ether oxygens (including phenoxy) is 1. The van der Waals surface area contributed by atoms with Crippen molar-refractivity contribution in [1.82, 2.24) is 5.32 Å². The molecule has 18 heavy (non-hydrogen) atoms. The zero-order chi connectivity index (χ0) is 12.7. The molecule has 1 atom stereocenters. The van der Waals surface area contributed by atoms with Crippen LogP contribution in [-0.4, -0.2) is 32.7 Å². The molecule has 0 saturated heterocycles. The van der Waals surface area contributed by atoms with Crippen molar-refractivity contribution in [3.8, 4) is 0 Å². The Balaban J connectivity index is 0.00000289. The minimum Gasteiger partial charge on any atom is -0.385 e. The largest absolute Gasteiger partial charge is 0.385 e. The highest BCUT2D eigenvalue weighted by Gasteiger charge is 2.33. The summed E-state index contributed by atoms with van der Waals surface area (Å²) < 4.78 is 5.17. The fraction of sp³-hybridized carbons (Fsp3) is 0.923. The summed E-state index contributed by atoms with van der Waals surface area (Å²) in [5.74, 6) is -0.00734. The molecule has 0 aromatic rings. The minimum absolute atomic E-state index is 0. The van der Waals surface area contributed by atoms with E-state index in [9.17, 15) is 4.79 Å². The molecule has 1 unspecified atom stereocenters. The molecule has 0 aromatic carbocycles. The Morgan fingerprint density at radius 1 is 1.44 bits per heavy atom. The van der Waals surface area contributed by atoms with Crippen LogP contribution in [-0.2, 0) is 9.53 Å². The van der Waals surface area contributed by atoms with Crippen LogP contribution in [0.2, 0.25) is 0 Å². The maximum absolute atomic E-state index is 11.7. The second-order valence-corrected chi connectivity index (χ2v) is 5.30. The summed E-state index contributed by atoms with van der Waals surface area (Å²) in [5.41, 5.74) is 5.75. The fourth-order valence-electron chi connectivity index (χ4n) is 2.51. The normalized spacial score (nSPS) is 19.1. The molecule has 0 heterocycles. The molecule has 1 fully saturated rings. The van der Waals surface area contributed by atoms with E-state index in [1.165, 1.54) is 25.7 Å². The number of halogens is 1. The molecule has 0 spiro atoms. The van der Waals surface area contributed by atoms with Gasteiger partial charge in [-0.3, -0.25) is 4.79 Å². The quantitative estimate of drug-likeness (QED) is 0.745. The van der Waals surface area contributed by atoms with Crippen molar-refractivity contribution >= 4 is 18.3 Å². The van der Waals surface area contributed by atoms with E-state index >= 15 is 0 Å². The van der Waals surface area contributed by atoms with Crippen LogP contribution in [0.5, 0.6) is 0 Å². The van der Waals surface area contributed by atoms with Gasteiger partial charge in [-0.2, -0.15) is 0 Å². The molecule has 1 aliphatic carbocycles. The minimum atomic E-state index is -0.0871. The molecule has 1 amide bonds. The Labute approximate surface area is 116 Å². The van der Waals surface area contributed by atoms with Gasteiger partial charge in [-0.1, -0.05) is 19.8 Å². The predicted octanol–water partition coefficient (Wildman–Crippen LogP) is 1.72. The van der Waals surface area contributed by atoms with Gasteiger partial charge in [0.25, 0.3) is 0 Å². The zero-order valence-electron chi connectivity index (χ0n) is 11.5. The van der Waals surface area contributed by atoms with Crippen molar-refractivity contribution in [3.63, 3.8) is 0 Å². The topological polar surface area (TPSA) is 64.3 Å². The van der Waals surface area contributed by atoms with E-state index in [1.807, 2.05) is 6.92 Å². The van der Waals surface area contributed by atoms with Gasteiger partial charge in [-0.15, -0.1) is 12.4 Å². The first kappa shape index (κ1) is 17.7. The van der Waals surface area contributed by atoms with Gasteiger partial charge in [0.05, 0.1) is 0 Å². The van der Waals surface area contributed by atoms with Gasteiger partial charge >= 0.3 is 0 Å². The van der Waals surface area contributed by atoms with Crippen molar-refractivity contribution in [2.45, 2.75) is 39.0 Å². The molecule has 108 valence electrons. The SMILES string of the molecule is COCCC1(CNC(=O)C(C)CN)CCCC1.Cl. The highest BCUT2D eigenvalue weighted by molar-refractivity contribution is 5.85. The van der Waals surface area contributed by atoms with Crippen LogP contribution in [0.3, 0.4) is 0 Å². The lowest BCUT2D eigenvalue weighted by Crippen LogP contribution is -2.40. The Bertz CT molecular complexity index is 243. The number of hydrogen-bond donors (Lipinski definition) is 2. The average Bonchev–Trinajstić information content (AvgIpc) is 2.82. The molecular formula is C13H27ClN2O2. The van der Waals surface area contributed by atoms with Crippen molar-refractivity contribution in [3.05, 3.63) is 0 Å². The van der Waals surface area contributed by atoms with Crippen LogP contribution < -0.4 is 11.1 Å². The smallest absolute Gasteiger partial charge is 0.224 e. The highest BCUT2D eigenvalue weighted by Crippen LogP contribution is 2.40. The van der Waals surface area contributed by atoms with E-state index in [4.69, 9.17) is 10.5 Å². The van der Waals surface area contributed by atoms with Gasteiger partial charge < -0.3 is 15.8 Å². The molecular weight excluding hydrogens is 252 g/mol. The second-order valence-electron chi connectivity index (χ2n) is 5.30. The van der Waals surface area contributed by atoms with Crippen LogP contribution in [0, 0.1) is 11.3 Å². The summed E-state index contributed by atoms with van der Waals surface area (Å²) in [4.78, 5) is 11.7. The number of hydrogen-bond acceptors (Lipinski definition) is 3. The molecule has 0 aliphatic heterocycles. The summed E-state index contributed by atoms with van der Waals surface area (Å²) in [7, 11) is 1.73. The Kier molecular flexibility index (Phi) is 8.57. The summed E-state index contributed by atoms with van der Waals surface area (Å²) in [6.45, 7) is 3.84. The molecule has 1 aliphatic rings. The lowest BCUT2D eigenvalue weighted by atomic mass is 9.83. The molecule has 1 saturated carbocycles. The monoisotopic (exact) mass is 278 g/mol. The van der Waals surface area contributed by atoms with Crippen LogP contribution in [0.15, 0.2) is 0 Å². The third-order valence-electron chi connectivity index (χ3n) is 3.94. The number of rotatable bonds is 7. The molecule has 0 radical (unpaired) electrons. The number of carbonyl (C=O) groups is 1. The number of carbonyl (C=O) groups excluding carboxylic acids is 1. The first-order chi connectivity index (χ1) is 8.13. The van der Waals surface area contributed by atoms with Crippen LogP contribution in [0.25, 0.3) is 0 Å². The average molecular weight is 279 g/mol. The first-order valence-corrected chi connectivity index (χ1v) is 6.60. The fourth-order valence-corrected chi connectivity index (χ4v) is 2.51. The van der Waals surface area contributed by atoms with Gasteiger partial charge in [-0.05, 0) is 24.7 Å². The predicted molar refractivity (Wildman–Crippen MR) is 75.9 cm³/mol. The van der Waals surface area contributed by atoms with Crippen molar-refractivity contribution in [1.29, 1.82) is 0 Å². The lowest BCUT2D eigenvalue weighted by Gasteiger charge is -2.29. The first-order valence-electron chi connectivity index (χ1n) is 6.60. The van der Waals surface area contributed by atoms with E-state index in [0.29, 0.717) is 6.54 Å². The Hall–Kier alpha value is -0.320. The standard InChI is InChI=1S/C13H26N2O2.ClH/c1-11(9-14)12(16)15-10-13(7-8-17-2)5-3-4-6-13;/h11H,3-10,14H2,1-2H3,(H,15,16);1H. The van der Waals surface area contributed by atoms with Crippen molar-refractivity contribution in [2.24, 2.45) is 17.1 Å². The zero-order valence-corrected chi connectivity index (χ0v) is 12.4. The van der Waals surface area contributed by atoms with E-state index in [-0.39, 0.29) is 29.6 Å². The highest BCUT2D eigenvalue weighted by atomic mass is 35.5. The maximum atomic E-state index is 11.7. The third kappa shape index (κ3) is 5.12. The lowest BCUT2D eigenvalue weighted by molar-refractivity contribution is -0.124. The number of methoxy groups -OCH3 is 1. The molecule has 0 bridgehead atoms. The molecule has 3 N–H and O–H groups in total. The van der Waals surface area contributed by atoms with Gasteiger partial charge in [-0.25, -0.2) is 0 Å². The summed E-state index contributed by atoms with van der Waals surface area (Å²) in [6.07, 6.45) is 5.99. The van der Waals surface area contributed by atoms with Crippen LogP contribution in [0.1, 0.15) is 39.0 Å². The van der Waals surface area contributed by atoms with E-state index in [1.54, 1.807) is 7.11 Å². The Morgan fingerprint density at radius 2 is 2.06 bits per heavy atom. The molecule has 1 rings (SSSR count). The maximum Gasteiger partial charge on any atom is 0.224 e. The molecule has 0 aromatic heterocycles. The van der Waals surface area contributed by atoms with E-state index < -0.39 is 0 Å². The molecule has 4 nitrogen and oxygen atoms in total. The summed E-state index contributed by atoms with van der Waals surface area (Å²) in [6, 6.07) is 0. The van der Waals surface area contributed by atoms with E-state index in [0.717, 1.165) is 19.6 Å². The van der Waals surface area contributed by atoms with Gasteiger partial charge in [0, 0.05) is 32.7 Å². The molecule has 5 heteroatoms. The van der Waals surface area contributed by atoms with E-state index in [2.05, 4.69) is 5.32 Å². The summed E-state index contributed by atoms with van der Waals surface area (Å²) in [5, 5.41) is 3.05. The van der Waals surface area contributed by atoms with Gasteiger partial charge in [0.1, 0.15) is 0 Å². The summed E-state index contributed by atoms with van der Waals surface area (Å²) >= 11 is 0. The number of nitrogens with one attached hydrogen (secondary N) is 1. The van der Waals surface area contributed by atoms with Crippen LogP contribution >= 0.6 is 12.4 Å². The number of nitrogens with two attached hydrogens (primary N) is 1. The van der Waals surface area contributed by atoms with Gasteiger partial charge in [0.15, 0.2) is 0 Å². The van der Waals surface area contributed by atoms with Crippen molar-refractivity contribution in [2.75, 3.05) is 26.8 Å². The third-order valence-corrected chi connectivity index (χ3v) is 3.94.